The number of amides is 1. The van der Waals surface area contributed by atoms with Gasteiger partial charge in [-0.15, -0.1) is 0 Å². The Morgan fingerprint density at radius 3 is 2.12 bits per heavy atom. The monoisotopic (exact) mass is 679 g/mol. The van der Waals surface area contributed by atoms with Gasteiger partial charge >= 0.3 is 0 Å². The zero-order valence-electron chi connectivity index (χ0n) is 30.2. The van der Waals surface area contributed by atoms with E-state index in [1.807, 2.05) is 0 Å². The second-order valence-electron chi connectivity index (χ2n) is 13.8. The lowest BCUT2D eigenvalue weighted by molar-refractivity contribution is -0.121. The van der Waals surface area contributed by atoms with Gasteiger partial charge in [-0.2, -0.15) is 0 Å². The normalized spacial score (nSPS) is 14.7. The molecule has 1 amide bonds. The van der Waals surface area contributed by atoms with E-state index in [1.165, 1.54) is 34.4 Å². The Morgan fingerprint density at radius 1 is 0.880 bits per heavy atom. The Balaban J connectivity index is 1.31. The smallest absolute Gasteiger partial charge is 0.220 e. The molecule has 0 bridgehead atoms. The van der Waals surface area contributed by atoms with Crippen LogP contribution in [0.15, 0.2) is 97.1 Å². The van der Waals surface area contributed by atoms with Gasteiger partial charge in [-0.25, -0.2) is 4.39 Å². The van der Waals surface area contributed by atoms with Gasteiger partial charge in [0, 0.05) is 43.6 Å². The van der Waals surface area contributed by atoms with Crippen LogP contribution in [-0.4, -0.2) is 57.2 Å². The number of carbonyl (C=O) groups excluding carboxylic acids is 1. The van der Waals surface area contributed by atoms with E-state index in [1.54, 1.807) is 26.4 Å². The predicted molar refractivity (Wildman–Crippen MR) is 201 cm³/mol. The van der Waals surface area contributed by atoms with Gasteiger partial charge in [-0.3, -0.25) is 9.69 Å². The lowest BCUT2D eigenvalue weighted by atomic mass is 9.68. The molecule has 1 unspecified atom stereocenters. The molecule has 5 rings (SSSR count). The summed E-state index contributed by atoms with van der Waals surface area (Å²) in [6, 6.07) is 33.1. The van der Waals surface area contributed by atoms with Gasteiger partial charge in [0.25, 0.3) is 0 Å². The Morgan fingerprint density at radius 2 is 1.50 bits per heavy atom. The zero-order chi connectivity index (χ0) is 35.3. The lowest BCUT2D eigenvalue weighted by Crippen LogP contribution is -2.43. The molecule has 0 saturated heterocycles. The van der Waals surface area contributed by atoms with Gasteiger partial charge in [0.2, 0.25) is 5.91 Å². The molecule has 0 aliphatic carbocycles. The Labute approximate surface area is 298 Å². The predicted octanol–water partition coefficient (Wildman–Crippen LogP) is 8.04. The molecule has 4 aromatic rings. The van der Waals surface area contributed by atoms with Crippen molar-refractivity contribution >= 4 is 5.91 Å². The highest BCUT2D eigenvalue weighted by Gasteiger charge is 2.35. The minimum Gasteiger partial charge on any atom is -0.493 e. The maximum Gasteiger partial charge on any atom is 0.220 e. The van der Waals surface area contributed by atoms with Crippen LogP contribution < -0.4 is 20.1 Å². The molecule has 0 fully saturated rings. The summed E-state index contributed by atoms with van der Waals surface area (Å²) in [7, 11) is 3.41. The van der Waals surface area contributed by atoms with Crippen LogP contribution in [0.3, 0.4) is 0 Å². The van der Waals surface area contributed by atoms with Gasteiger partial charge in [-0.1, -0.05) is 86.6 Å². The number of rotatable bonds is 18. The molecule has 1 aliphatic rings. The Kier molecular flexibility index (Phi) is 13.5. The van der Waals surface area contributed by atoms with Gasteiger partial charge < -0.3 is 20.1 Å². The van der Waals surface area contributed by atoms with Crippen LogP contribution in [0.25, 0.3) is 0 Å². The number of nitrogens with one attached hydrogen (secondary N) is 2. The third-order valence-electron chi connectivity index (χ3n) is 10.2. The van der Waals surface area contributed by atoms with Crippen LogP contribution >= 0.6 is 0 Å². The van der Waals surface area contributed by atoms with Gasteiger partial charge in [0.05, 0.1) is 14.2 Å². The van der Waals surface area contributed by atoms with E-state index < -0.39 is 0 Å². The molecule has 0 spiro atoms. The molecule has 0 saturated carbocycles. The molecule has 0 aromatic heterocycles. The third-order valence-corrected chi connectivity index (χ3v) is 10.2. The molecule has 7 heteroatoms. The van der Waals surface area contributed by atoms with Crippen molar-refractivity contribution in [2.75, 3.05) is 40.4 Å². The summed E-state index contributed by atoms with van der Waals surface area (Å²) < 4.78 is 24.7. The van der Waals surface area contributed by atoms with E-state index in [-0.39, 0.29) is 23.2 Å². The number of halogens is 1. The van der Waals surface area contributed by atoms with Crippen LogP contribution in [-0.2, 0) is 23.1 Å². The highest BCUT2D eigenvalue weighted by atomic mass is 19.1. The summed E-state index contributed by atoms with van der Waals surface area (Å²) >= 11 is 0. The van der Waals surface area contributed by atoms with E-state index >= 15 is 0 Å². The van der Waals surface area contributed by atoms with E-state index in [9.17, 15) is 9.18 Å². The fourth-order valence-electron chi connectivity index (χ4n) is 7.52. The molecule has 6 nitrogen and oxygen atoms in total. The average molecular weight is 680 g/mol. The standard InChI is InChI=1S/C43H54FN3O3/c1-32(2)46-31-39-38-30-41(50-4)40(49-3)29-34(38)23-28-47(39)27-12-25-43(35-13-7-5-8-14-35,36-15-9-6-10-16-36)24-11-26-45-42(48)22-19-33-17-20-37(44)21-18-33/h5-10,13-18,20-21,29-30,32,39,46H,11-12,19,22-28,31H2,1-4H3,(H,45,48). The molecule has 1 heterocycles. The summed E-state index contributed by atoms with van der Waals surface area (Å²) in [6.07, 6.45) is 5.73. The summed E-state index contributed by atoms with van der Waals surface area (Å²) in [6.45, 7) is 7.83. The van der Waals surface area contributed by atoms with Crippen LogP contribution in [0.4, 0.5) is 4.39 Å². The van der Waals surface area contributed by atoms with Crippen molar-refractivity contribution in [2.24, 2.45) is 0 Å². The molecule has 0 radical (unpaired) electrons. The second-order valence-corrected chi connectivity index (χ2v) is 13.8. The first-order chi connectivity index (χ1) is 24.3. The number of carbonyl (C=O) groups is 1. The van der Waals surface area contributed by atoms with Crippen molar-refractivity contribution in [2.45, 2.75) is 76.3 Å². The SMILES string of the molecule is COc1cc2c(cc1OC)C(CNC(C)C)N(CCCC(CCCNC(=O)CCc1ccc(F)cc1)(c1ccccc1)c1ccccc1)CC2. The number of methoxy groups -OCH3 is 2. The van der Waals surface area contributed by atoms with Crippen LogP contribution in [0.2, 0.25) is 0 Å². The van der Waals surface area contributed by atoms with E-state index in [0.717, 1.165) is 68.8 Å². The van der Waals surface area contributed by atoms with Crippen LogP contribution in [0.5, 0.6) is 11.5 Å². The van der Waals surface area contributed by atoms with E-state index in [2.05, 4.69) is 102 Å². The van der Waals surface area contributed by atoms with Crippen molar-refractivity contribution in [3.05, 3.63) is 131 Å². The number of benzene rings is 4. The summed E-state index contributed by atoms with van der Waals surface area (Å²) in [5.41, 5.74) is 6.04. The summed E-state index contributed by atoms with van der Waals surface area (Å²) in [5, 5.41) is 6.87. The number of nitrogens with zero attached hydrogens (tertiary/aromatic N) is 1. The Hall–Kier alpha value is -4.20. The number of hydrogen-bond donors (Lipinski definition) is 2. The van der Waals surface area contributed by atoms with Gasteiger partial charge in [0.1, 0.15) is 5.82 Å². The molecule has 1 atom stereocenters. The van der Waals surface area contributed by atoms with Gasteiger partial charge in [-0.05, 0) is 97.2 Å². The minimum atomic E-state index is -0.260. The van der Waals surface area contributed by atoms with Gasteiger partial charge in [0.15, 0.2) is 11.5 Å². The summed E-state index contributed by atoms with van der Waals surface area (Å²) in [5.74, 6) is 1.33. The maximum absolute atomic E-state index is 13.3. The topological polar surface area (TPSA) is 62.8 Å². The Bertz CT molecular complexity index is 1590. The highest BCUT2D eigenvalue weighted by molar-refractivity contribution is 5.76. The first kappa shape index (κ1) is 37.1. The second kappa shape index (κ2) is 18.2. The van der Waals surface area contributed by atoms with E-state index in [0.29, 0.717) is 25.4 Å². The van der Waals surface area contributed by atoms with Crippen molar-refractivity contribution in [3.63, 3.8) is 0 Å². The number of aryl methyl sites for hydroxylation is 1. The highest BCUT2D eigenvalue weighted by Crippen LogP contribution is 2.42. The zero-order valence-corrected chi connectivity index (χ0v) is 30.2. The minimum absolute atomic E-state index is 0.0278. The number of hydrogen-bond acceptors (Lipinski definition) is 5. The molecule has 266 valence electrons. The lowest BCUT2D eigenvalue weighted by Gasteiger charge is -2.40. The van der Waals surface area contributed by atoms with Crippen molar-refractivity contribution < 1.29 is 18.7 Å². The van der Waals surface area contributed by atoms with Crippen molar-refractivity contribution in [3.8, 4) is 11.5 Å². The first-order valence-corrected chi connectivity index (χ1v) is 18.2. The maximum atomic E-state index is 13.3. The molecule has 4 aromatic carbocycles. The van der Waals surface area contributed by atoms with Crippen molar-refractivity contribution in [1.82, 2.24) is 15.5 Å². The fourth-order valence-corrected chi connectivity index (χ4v) is 7.52. The quantitative estimate of drug-likeness (QED) is 0.104. The van der Waals surface area contributed by atoms with Crippen LogP contribution in [0, 0.1) is 5.82 Å². The molecule has 50 heavy (non-hydrogen) atoms. The van der Waals surface area contributed by atoms with Crippen molar-refractivity contribution in [1.29, 1.82) is 0 Å². The molecular formula is C43H54FN3O3. The summed E-state index contributed by atoms with van der Waals surface area (Å²) in [4.78, 5) is 15.4. The van der Waals surface area contributed by atoms with Crippen LogP contribution in [0.1, 0.15) is 79.8 Å². The van der Waals surface area contributed by atoms with E-state index in [4.69, 9.17) is 9.47 Å². The third kappa shape index (κ3) is 9.52. The molecule has 2 N–H and O–H groups in total. The first-order valence-electron chi connectivity index (χ1n) is 18.2. The average Bonchev–Trinajstić information content (AvgIpc) is 3.15. The largest absolute Gasteiger partial charge is 0.493 e. The number of fused-ring (bicyclic) bond motifs is 1. The fraction of sp³-hybridized carbons (Fsp3) is 0.419. The molecule has 1 aliphatic heterocycles. The number of ether oxygens (including phenoxy) is 2. The molecular weight excluding hydrogens is 625 g/mol.